The van der Waals surface area contributed by atoms with Crippen molar-refractivity contribution in [2.75, 3.05) is 13.2 Å². The molecule has 2 N–H and O–H groups in total. The lowest BCUT2D eigenvalue weighted by Crippen LogP contribution is -2.34. The van der Waals surface area contributed by atoms with Crippen molar-refractivity contribution in [3.63, 3.8) is 0 Å². The zero-order valence-corrected chi connectivity index (χ0v) is 13.3. The van der Waals surface area contributed by atoms with Crippen LogP contribution in [-0.4, -0.2) is 30.4 Å². The van der Waals surface area contributed by atoms with Crippen LogP contribution in [0.25, 0.3) is 0 Å². The predicted octanol–water partition coefficient (Wildman–Crippen LogP) is 2.73. The van der Waals surface area contributed by atoms with Crippen molar-refractivity contribution >= 4 is 0 Å². The van der Waals surface area contributed by atoms with Crippen molar-refractivity contribution in [3.05, 3.63) is 35.6 Å². The van der Waals surface area contributed by atoms with Gasteiger partial charge in [0, 0.05) is 18.2 Å². The lowest BCUT2D eigenvalue weighted by Gasteiger charge is -2.13. The van der Waals surface area contributed by atoms with E-state index in [-0.39, 0.29) is 29.9 Å². The van der Waals surface area contributed by atoms with Gasteiger partial charge in [0.1, 0.15) is 5.82 Å². The molecule has 1 atom stereocenters. The first kappa shape index (κ1) is 16.4. The number of aliphatic hydroxyl groups excluding tert-OH is 1. The molecule has 1 fully saturated rings. The lowest BCUT2D eigenvalue weighted by molar-refractivity contribution is 0.0272. The van der Waals surface area contributed by atoms with Crippen LogP contribution in [0, 0.1) is 16.6 Å². The second-order valence-electron chi connectivity index (χ2n) is 7.04. The normalized spacial score (nSPS) is 21.2. The van der Waals surface area contributed by atoms with Crippen LogP contribution in [-0.2, 0) is 11.3 Å². The summed E-state index contributed by atoms with van der Waals surface area (Å²) in [6.07, 6.45) is -0.580. The Kier molecular flexibility index (Phi) is 4.71. The largest absolute Gasteiger partial charge is 0.389 e. The van der Waals surface area contributed by atoms with E-state index in [4.69, 9.17) is 4.74 Å². The molecule has 1 unspecified atom stereocenters. The first-order valence-electron chi connectivity index (χ1n) is 7.49. The van der Waals surface area contributed by atoms with Gasteiger partial charge in [-0.2, -0.15) is 0 Å². The summed E-state index contributed by atoms with van der Waals surface area (Å²) in [5.74, 6) is -0.272. The van der Waals surface area contributed by atoms with Crippen LogP contribution in [0.5, 0.6) is 0 Å². The zero-order valence-electron chi connectivity index (χ0n) is 13.3. The van der Waals surface area contributed by atoms with Crippen molar-refractivity contribution in [2.45, 2.75) is 46.4 Å². The van der Waals surface area contributed by atoms with Gasteiger partial charge in [-0.1, -0.05) is 45.9 Å². The van der Waals surface area contributed by atoms with E-state index in [0.29, 0.717) is 18.2 Å². The third-order valence-electron chi connectivity index (χ3n) is 5.10. The smallest absolute Gasteiger partial charge is 0.128 e. The van der Waals surface area contributed by atoms with Crippen LogP contribution < -0.4 is 5.32 Å². The van der Waals surface area contributed by atoms with E-state index < -0.39 is 6.10 Å². The summed E-state index contributed by atoms with van der Waals surface area (Å²) in [4.78, 5) is 0. The number of halogens is 1. The fourth-order valence-electron chi connectivity index (χ4n) is 2.94. The lowest BCUT2D eigenvalue weighted by atomic mass is 10.0. The van der Waals surface area contributed by atoms with E-state index in [1.807, 2.05) is 0 Å². The van der Waals surface area contributed by atoms with E-state index in [1.54, 1.807) is 18.2 Å². The minimum atomic E-state index is -0.580. The fourth-order valence-corrected chi connectivity index (χ4v) is 2.94. The Morgan fingerprint density at radius 1 is 1.24 bits per heavy atom. The van der Waals surface area contributed by atoms with Crippen molar-refractivity contribution in [1.82, 2.24) is 5.32 Å². The van der Waals surface area contributed by atoms with Crippen LogP contribution in [0.15, 0.2) is 24.3 Å². The third-order valence-corrected chi connectivity index (χ3v) is 5.10. The van der Waals surface area contributed by atoms with E-state index in [9.17, 15) is 9.50 Å². The molecular formula is C17H26FNO2. The molecule has 1 aliphatic rings. The van der Waals surface area contributed by atoms with Gasteiger partial charge >= 0.3 is 0 Å². The number of ether oxygens (including phenoxy) is 1. The minimum absolute atomic E-state index is 0.185. The summed E-state index contributed by atoms with van der Waals surface area (Å²) < 4.78 is 18.8. The molecule has 2 rings (SSSR count). The number of benzene rings is 1. The van der Waals surface area contributed by atoms with Gasteiger partial charge in [-0.05, 0) is 16.9 Å². The Labute approximate surface area is 126 Å². The molecule has 0 heterocycles. The molecule has 0 saturated heterocycles. The molecule has 1 saturated carbocycles. The molecule has 4 heteroatoms. The Morgan fingerprint density at radius 2 is 1.86 bits per heavy atom. The molecular weight excluding hydrogens is 269 g/mol. The van der Waals surface area contributed by atoms with Gasteiger partial charge in [0.2, 0.25) is 0 Å². The molecule has 3 nitrogen and oxygen atoms in total. The van der Waals surface area contributed by atoms with Crippen molar-refractivity contribution in [2.24, 2.45) is 10.8 Å². The molecule has 1 aromatic carbocycles. The summed E-state index contributed by atoms with van der Waals surface area (Å²) >= 11 is 0. The summed E-state index contributed by atoms with van der Waals surface area (Å²) in [6, 6.07) is 6.93. The molecule has 0 amide bonds. The second kappa shape index (κ2) is 6.03. The molecule has 1 aliphatic carbocycles. The summed E-state index contributed by atoms with van der Waals surface area (Å²) in [7, 11) is 0. The maximum atomic E-state index is 13.4. The van der Waals surface area contributed by atoms with Gasteiger partial charge in [0.15, 0.2) is 0 Å². The van der Waals surface area contributed by atoms with E-state index >= 15 is 0 Å². The molecule has 0 aromatic heterocycles. The van der Waals surface area contributed by atoms with Crippen molar-refractivity contribution in [3.8, 4) is 0 Å². The SMILES string of the molecule is CC1(C)C(NCC(O)COCc2ccccc2F)C1(C)C. The Hall–Kier alpha value is -0.970. The number of aliphatic hydroxyl groups is 1. The van der Waals surface area contributed by atoms with Crippen LogP contribution in [0.1, 0.15) is 33.3 Å². The molecule has 21 heavy (non-hydrogen) atoms. The first-order valence-corrected chi connectivity index (χ1v) is 7.49. The van der Waals surface area contributed by atoms with Gasteiger partial charge in [0.05, 0.1) is 19.3 Å². The molecule has 0 radical (unpaired) electrons. The molecule has 0 bridgehead atoms. The van der Waals surface area contributed by atoms with Gasteiger partial charge < -0.3 is 15.2 Å². The number of hydrogen-bond donors (Lipinski definition) is 2. The van der Waals surface area contributed by atoms with E-state index in [2.05, 4.69) is 33.0 Å². The predicted molar refractivity (Wildman–Crippen MR) is 81.4 cm³/mol. The standard InChI is InChI=1S/C17H26FNO2/c1-16(2)15(17(16,3)4)19-9-13(20)11-21-10-12-7-5-6-8-14(12)18/h5-8,13,15,19-20H,9-11H2,1-4H3. The van der Waals surface area contributed by atoms with E-state index in [1.165, 1.54) is 6.07 Å². The van der Waals surface area contributed by atoms with Gasteiger partial charge in [-0.15, -0.1) is 0 Å². The Balaban J connectivity index is 1.67. The number of nitrogens with one attached hydrogen (secondary N) is 1. The zero-order chi connectivity index (χ0) is 15.7. The quantitative estimate of drug-likeness (QED) is 0.813. The summed E-state index contributed by atoms with van der Waals surface area (Å²) in [5, 5.41) is 13.3. The number of rotatable bonds is 7. The van der Waals surface area contributed by atoms with Crippen molar-refractivity contribution < 1.29 is 14.2 Å². The Bertz CT molecular complexity index is 473. The summed E-state index contributed by atoms with van der Waals surface area (Å²) in [5.41, 5.74) is 1.02. The summed E-state index contributed by atoms with van der Waals surface area (Å²) in [6.45, 7) is 9.79. The highest BCUT2D eigenvalue weighted by atomic mass is 19.1. The highest BCUT2D eigenvalue weighted by molar-refractivity contribution is 5.18. The van der Waals surface area contributed by atoms with Crippen LogP contribution in [0.3, 0.4) is 0 Å². The monoisotopic (exact) mass is 295 g/mol. The maximum Gasteiger partial charge on any atom is 0.128 e. The van der Waals surface area contributed by atoms with Crippen LogP contribution in [0.2, 0.25) is 0 Å². The molecule has 118 valence electrons. The van der Waals surface area contributed by atoms with Gasteiger partial charge in [0.25, 0.3) is 0 Å². The topological polar surface area (TPSA) is 41.5 Å². The Morgan fingerprint density at radius 3 is 2.43 bits per heavy atom. The molecule has 0 aliphatic heterocycles. The van der Waals surface area contributed by atoms with E-state index in [0.717, 1.165) is 0 Å². The first-order chi connectivity index (χ1) is 9.76. The fraction of sp³-hybridized carbons (Fsp3) is 0.647. The van der Waals surface area contributed by atoms with Crippen molar-refractivity contribution in [1.29, 1.82) is 0 Å². The maximum absolute atomic E-state index is 13.4. The second-order valence-corrected chi connectivity index (χ2v) is 7.04. The number of hydrogen-bond acceptors (Lipinski definition) is 3. The molecule has 0 spiro atoms. The van der Waals surface area contributed by atoms with Gasteiger partial charge in [-0.3, -0.25) is 0 Å². The van der Waals surface area contributed by atoms with Gasteiger partial charge in [-0.25, -0.2) is 4.39 Å². The van der Waals surface area contributed by atoms with Crippen LogP contribution in [0.4, 0.5) is 4.39 Å². The average Bonchev–Trinajstić information content (AvgIpc) is 2.79. The minimum Gasteiger partial charge on any atom is -0.389 e. The highest BCUT2D eigenvalue weighted by Gasteiger charge is 2.64. The molecule has 1 aromatic rings. The highest BCUT2D eigenvalue weighted by Crippen LogP contribution is 2.62. The average molecular weight is 295 g/mol. The van der Waals surface area contributed by atoms with Crippen LogP contribution >= 0.6 is 0 Å². The third kappa shape index (κ3) is 3.44.